The summed E-state index contributed by atoms with van der Waals surface area (Å²) in [5.74, 6) is 0.393. The maximum absolute atomic E-state index is 14.9. The molecule has 13 atom stereocenters. The molecule has 8 rings (SSSR count). The summed E-state index contributed by atoms with van der Waals surface area (Å²) < 4.78 is 5.76. The van der Waals surface area contributed by atoms with Crippen LogP contribution in [0.1, 0.15) is 105 Å². The molecule has 0 radical (unpaired) electrons. The number of hydrogen-bond acceptors (Lipinski definition) is 7. The molecule has 4 fully saturated rings. The van der Waals surface area contributed by atoms with Gasteiger partial charge in [-0.15, -0.1) is 0 Å². The van der Waals surface area contributed by atoms with Gasteiger partial charge in [-0.25, -0.2) is 0 Å². The van der Waals surface area contributed by atoms with Crippen LogP contribution in [0.4, 0.5) is 0 Å². The summed E-state index contributed by atoms with van der Waals surface area (Å²) in [6, 6.07) is 7.26. The molecule has 0 spiro atoms. The van der Waals surface area contributed by atoms with Crippen molar-refractivity contribution in [2.45, 2.75) is 130 Å². The number of phenols is 1. The highest BCUT2D eigenvalue weighted by Crippen LogP contribution is 2.77. The summed E-state index contributed by atoms with van der Waals surface area (Å²) in [4.78, 5) is 29.1. The first kappa shape index (κ1) is 34.1. The number of ketones is 2. The Morgan fingerprint density at radius 2 is 1.77 bits per heavy atom. The minimum Gasteiger partial charge on any atom is -0.508 e. The number of fused-ring (bicyclic) bond motifs is 5. The lowest BCUT2D eigenvalue weighted by Gasteiger charge is -2.72. The number of Topliss-reactive ketones (excluding diaryl/α,β-unsaturated/α-hetero) is 2. The number of nitrogens with one attached hydrogen (secondary N) is 1. The van der Waals surface area contributed by atoms with Crippen molar-refractivity contribution in [3.05, 3.63) is 53.1 Å². The molecule has 6 aliphatic carbocycles. The minimum atomic E-state index is -0.636. The van der Waals surface area contributed by atoms with E-state index in [0.717, 1.165) is 30.4 Å². The van der Waals surface area contributed by atoms with Gasteiger partial charge in [-0.05, 0) is 111 Å². The van der Waals surface area contributed by atoms with E-state index in [4.69, 9.17) is 4.74 Å². The van der Waals surface area contributed by atoms with Crippen molar-refractivity contribution in [2.24, 2.45) is 45.3 Å². The predicted octanol–water partition coefficient (Wildman–Crippen LogP) is 6.26. The Hall–Kier alpha value is -2.32. The number of benzene rings is 1. The lowest BCUT2D eigenvalue weighted by molar-refractivity contribution is -0.206. The van der Waals surface area contributed by atoms with Crippen LogP contribution in [0.5, 0.6) is 5.75 Å². The van der Waals surface area contributed by atoms with Gasteiger partial charge in [0.15, 0.2) is 5.78 Å². The van der Waals surface area contributed by atoms with Gasteiger partial charge in [-0.2, -0.15) is 0 Å². The SMILES string of the molecule is C[C@H](O)CN[C@H]1C[C@@]2(C)[C@@H](CCC3=C([C@H](C)C[C@@H](O)[C@@H]4OC4(C)C)C(=O)C[C@@]32C)[C@]2(C)[C@@H]3C=CC[C@](C)(C(=O)[C@@H]3c3cccc(O)c3)[C@@H]12. The molecule has 1 saturated heterocycles. The van der Waals surface area contributed by atoms with E-state index in [-0.39, 0.29) is 80.9 Å². The van der Waals surface area contributed by atoms with E-state index in [1.54, 1.807) is 19.1 Å². The average Bonchev–Trinajstić information content (AvgIpc) is 3.61. The first-order valence-corrected chi connectivity index (χ1v) is 18.4. The van der Waals surface area contributed by atoms with Crippen LogP contribution >= 0.6 is 0 Å². The molecular formula is C41H57NO6. The molecule has 1 aromatic carbocycles. The molecule has 0 amide bonds. The summed E-state index contributed by atoms with van der Waals surface area (Å²) in [5.41, 5.74) is 1.20. The van der Waals surface area contributed by atoms with Gasteiger partial charge in [0.05, 0.1) is 23.7 Å². The molecule has 7 nitrogen and oxygen atoms in total. The van der Waals surface area contributed by atoms with E-state index in [1.165, 1.54) is 5.57 Å². The highest BCUT2D eigenvalue weighted by molar-refractivity contribution is 6.00. The Balaban J connectivity index is 1.34. The monoisotopic (exact) mass is 659 g/mol. The van der Waals surface area contributed by atoms with Crippen LogP contribution in [-0.2, 0) is 14.3 Å². The molecule has 7 aliphatic rings. The molecular weight excluding hydrogens is 602 g/mol. The number of aliphatic hydroxyl groups excluding tert-OH is 2. The van der Waals surface area contributed by atoms with Crippen molar-refractivity contribution in [2.75, 3.05) is 6.54 Å². The summed E-state index contributed by atoms with van der Waals surface area (Å²) in [6.45, 7) is 17.7. The first-order chi connectivity index (χ1) is 22.4. The predicted molar refractivity (Wildman–Crippen MR) is 185 cm³/mol. The molecule has 262 valence electrons. The molecule has 0 aromatic heterocycles. The molecule has 0 unspecified atom stereocenters. The summed E-state index contributed by atoms with van der Waals surface area (Å²) in [6.07, 6.45) is 7.45. The standard InChI is InChI=1S/C41H57NO6/c1-22(17-29(45)36-37(3,4)48-36)32-26-14-15-31-40(7,39(26,6)20-30(32)46)19-28(42-21-23(2)43)34-38(5)16-10-13-27(41(31,34)8)33(35(38)47)24-11-9-12-25(44)18-24/h9-13,18,22-23,27-29,31,33-34,36,42-45H,14-17,19-21H2,1-8H3/t22-,23+,27-,28+,29-,31-,33-,34-,36+,38+,39+,40+,41+/m1/s1. The van der Waals surface area contributed by atoms with Gasteiger partial charge in [-0.3, -0.25) is 9.59 Å². The van der Waals surface area contributed by atoms with E-state index in [1.807, 2.05) is 26.0 Å². The number of carbonyl (C=O) groups is 2. The van der Waals surface area contributed by atoms with Crippen LogP contribution in [0.3, 0.4) is 0 Å². The maximum atomic E-state index is 14.9. The number of ether oxygens (including phenoxy) is 1. The van der Waals surface area contributed by atoms with Crippen LogP contribution < -0.4 is 5.32 Å². The second kappa shape index (κ2) is 11.1. The van der Waals surface area contributed by atoms with E-state index in [2.05, 4.69) is 52.1 Å². The Morgan fingerprint density at radius 1 is 1.06 bits per heavy atom. The van der Waals surface area contributed by atoms with Crippen molar-refractivity contribution in [1.29, 1.82) is 0 Å². The van der Waals surface area contributed by atoms with Crippen LogP contribution in [0.2, 0.25) is 0 Å². The number of rotatable bonds is 8. The normalized spacial score (nSPS) is 44.5. The number of aliphatic hydroxyl groups is 2. The minimum absolute atomic E-state index is 0.0313. The number of phenolic OH excluding ortho intramolecular Hbond substituents is 1. The molecule has 48 heavy (non-hydrogen) atoms. The number of allylic oxidation sites excluding steroid dienone is 4. The number of epoxide rings is 1. The molecule has 7 heteroatoms. The summed E-state index contributed by atoms with van der Waals surface area (Å²) in [5, 5.41) is 35.9. The van der Waals surface area contributed by atoms with Gasteiger partial charge in [0.2, 0.25) is 0 Å². The smallest absolute Gasteiger partial charge is 0.159 e. The van der Waals surface area contributed by atoms with Gasteiger partial charge in [-0.1, -0.05) is 64.5 Å². The van der Waals surface area contributed by atoms with Gasteiger partial charge in [0, 0.05) is 29.8 Å². The highest BCUT2D eigenvalue weighted by Gasteiger charge is 2.74. The number of hydrogen-bond donors (Lipinski definition) is 4. The molecule has 1 aromatic rings. The van der Waals surface area contributed by atoms with Crippen LogP contribution in [0, 0.1) is 45.3 Å². The lowest BCUT2D eigenvalue weighted by Crippen LogP contribution is -2.72. The largest absolute Gasteiger partial charge is 0.508 e. The Bertz CT molecular complexity index is 1580. The average molecular weight is 660 g/mol. The van der Waals surface area contributed by atoms with E-state index in [9.17, 15) is 24.9 Å². The van der Waals surface area contributed by atoms with E-state index >= 15 is 0 Å². The van der Waals surface area contributed by atoms with E-state index in [0.29, 0.717) is 25.8 Å². The third-order valence-corrected chi connectivity index (χ3v) is 14.9. The van der Waals surface area contributed by atoms with Crippen molar-refractivity contribution < 1.29 is 29.6 Å². The zero-order chi connectivity index (χ0) is 34.8. The molecule has 4 N–H and O–H groups in total. The Labute approximate surface area is 286 Å². The van der Waals surface area contributed by atoms with E-state index < -0.39 is 17.6 Å². The van der Waals surface area contributed by atoms with Gasteiger partial charge in [0.1, 0.15) is 17.6 Å². The van der Waals surface area contributed by atoms with Crippen LogP contribution in [0.25, 0.3) is 0 Å². The third kappa shape index (κ3) is 4.66. The Kier molecular flexibility index (Phi) is 7.89. The fourth-order valence-corrected chi connectivity index (χ4v) is 12.7. The highest BCUT2D eigenvalue weighted by atomic mass is 16.6. The quantitative estimate of drug-likeness (QED) is 0.192. The lowest BCUT2D eigenvalue weighted by atomic mass is 9.32. The van der Waals surface area contributed by atoms with Crippen molar-refractivity contribution in [1.82, 2.24) is 5.32 Å². The van der Waals surface area contributed by atoms with Gasteiger partial charge in [0.25, 0.3) is 0 Å². The molecule has 1 aliphatic heterocycles. The molecule has 3 saturated carbocycles. The summed E-state index contributed by atoms with van der Waals surface area (Å²) in [7, 11) is 0. The van der Waals surface area contributed by atoms with Gasteiger partial charge < -0.3 is 25.4 Å². The first-order valence-electron chi connectivity index (χ1n) is 18.4. The molecule has 2 bridgehead atoms. The van der Waals surface area contributed by atoms with Gasteiger partial charge >= 0.3 is 0 Å². The topological polar surface area (TPSA) is 119 Å². The zero-order valence-electron chi connectivity index (χ0n) is 30.2. The van der Waals surface area contributed by atoms with Crippen LogP contribution in [-0.4, -0.2) is 63.4 Å². The second-order valence-electron chi connectivity index (χ2n) is 18.1. The number of aromatic hydroxyl groups is 1. The van der Waals surface area contributed by atoms with Crippen molar-refractivity contribution in [3.8, 4) is 5.75 Å². The molecule has 1 heterocycles. The fraction of sp³-hybridized carbons (Fsp3) is 0.707. The summed E-state index contributed by atoms with van der Waals surface area (Å²) >= 11 is 0. The van der Waals surface area contributed by atoms with Crippen molar-refractivity contribution >= 4 is 11.6 Å². The second-order valence-corrected chi connectivity index (χ2v) is 18.1. The Morgan fingerprint density at radius 3 is 2.42 bits per heavy atom. The van der Waals surface area contributed by atoms with Crippen LogP contribution in [0.15, 0.2) is 47.6 Å². The fourth-order valence-electron chi connectivity index (χ4n) is 12.7. The van der Waals surface area contributed by atoms with Crippen molar-refractivity contribution in [3.63, 3.8) is 0 Å². The third-order valence-electron chi connectivity index (χ3n) is 14.9. The zero-order valence-corrected chi connectivity index (χ0v) is 30.2. The maximum Gasteiger partial charge on any atom is 0.159 e. The number of carbonyl (C=O) groups excluding carboxylic acids is 2.